The second-order valence-corrected chi connectivity index (χ2v) is 6.94. The molecule has 0 unspecified atom stereocenters. The number of aromatic hydroxyl groups is 1. The summed E-state index contributed by atoms with van der Waals surface area (Å²) in [7, 11) is 0. The number of nitrogens with one attached hydrogen (secondary N) is 1. The number of rotatable bonds is 8. The molecule has 1 aliphatic rings. The van der Waals surface area contributed by atoms with Crippen LogP contribution in [-0.4, -0.2) is 34.3 Å². The Hall–Kier alpha value is -3.15. The molecule has 0 radical (unpaired) electrons. The van der Waals surface area contributed by atoms with Gasteiger partial charge in [-0.05, 0) is 48.9 Å². The van der Waals surface area contributed by atoms with Crippen molar-refractivity contribution in [2.75, 3.05) is 11.9 Å². The van der Waals surface area contributed by atoms with Gasteiger partial charge in [-0.15, -0.1) is 0 Å². The minimum absolute atomic E-state index is 0.106. The zero-order chi connectivity index (χ0) is 20.1. The first kappa shape index (κ1) is 19.6. The largest absolute Gasteiger partial charge is 0.508 e. The number of hydrogen-bond donors (Lipinski definition) is 2. The minimum atomic E-state index is -0.383. The van der Waals surface area contributed by atoms with Crippen molar-refractivity contribution in [1.29, 1.82) is 0 Å². The molecule has 6 heteroatoms. The fourth-order valence-electron chi connectivity index (χ4n) is 3.26. The number of phenols is 1. The number of fused-ring (bicyclic) bond motifs is 1. The van der Waals surface area contributed by atoms with E-state index in [1.165, 1.54) is 23.1 Å². The molecule has 0 saturated carbocycles. The average Bonchev–Trinajstić information content (AvgIpc) is 2.93. The molecule has 0 bridgehead atoms. The van der Waals surface area contributed by atoms with Gasteiger partial charge in [0.25, 0.3) is 17.7 Å². The maximum atomic E-state index is 12.6. The predicted molar refractivity (Wildman–Crippen MR) is 107 cm³/mol. The van der Waals surface area contributed by atoms with Crippen molar-refractivity contribution in [3.8, 4) is 5.75 Å². The summed E-state index contributed by atoms with van der Waals surface area (Å²) in [6, 6.07) is 10.7. The molecule has 146 valence electrons. The summed E-state index contributed by atoms with van der Waals surface area (Å²) in [6.45, 7) is 2.55. The van der Waals surface area contributed by atoms with Gasteiger partial charge in [0, 0.05) is 17.8 Å². The molecule has 6 nitrogen and oxygen atoms in total. The van der Waals surface area contributed by atoms with E-state index in [9.17, 15) is 19.5 Å². The summed E-state index contributed by atoms with van der Waals surface area (Å²) in [4.78, 5) is 38.9. The highest BCUT2D eigenvalue weighted by molar-refractivity contribution is 6.22. The first-order valence-electron chi connectivity index (χ1n) is 9.62. The summed E-state index contributed by atoms with van der Waals surface area (Å²) >= 11 is 0. The summed E-state index contributed by atoms with van der Waals surface area (Å²) in [5, 5.41) is 12.0. The molecule has 0 atom stereocenters. The van der Waals surface area contributed by atoms with Crippen LogP contribution in [0.25, 0.3) is 0 Å². The van der Waals surface area contributed by atoms with Crippen LogP contribution in [0.5, 0.6) is 5.75 Å². The maximum Gasteiger partial charge on any atom is 0.261 e. The molecule has 1 aliphatic heterocycles. The molecule has 28 heavy (non-hydrogen) atoms. The van der Waals surface area contributed by atoms with Gasteiger partial charge in [-0.2, -0.15) is 0 Å². The van der Waals surface area contributed by atoms with Crippen molar-refractivity contribution in [1.82, 2.24) is 4.90 Å². The Morgan fingerprint density at radius 1 is 0.929 bits per heavy atom. The number of anilines is 1. The lowest BCUT2D eigenvalue weighted by molar-refractivity contribution is 0.0651. The average molecular weight is 380 g/mol. The third-order valence-electron chi connectivity index (χ3n) is 4.84. The van der Waals surface area contributed by atoms with E-state index < -0.39 is 0 Å². The Bertz CT molecular complexity index is 890. The van der Waals surface area contributed by atoms with Crippen LogP contribution in [0, 0.1) is 0 Å². The van der Waals surface area contributed by atoms with Gasteiger partial charge in [-0.25, -0.2) is 0 Å². The molecular formula is C22H24N2O4. The second kappa shape index (κ2) is 8.69. The molecule has 0 fully saturated rings. The van der Waals surface area contributed by atoms with Crippen molar-refractivity contribution >= 4 is 23.4 Å². The maximum absolute atomic E-state index is 12.6. The molecule has 2 aromatic carbocycles. The third-order valence-corrected chi connectivity index (χ3v) is 4.84. The van der Waals surface area contributed by atoms with Crippen LogP contribution in [0.3, 0.4) is 0 Å². The Morgan fingerprint density at radius 2 is 1.61 bits per heavy atom. The van der Waals surface area contributed by atoms with E-state index in [0.717, 1.165) is 32.1 Å². The van der Waals surface area contributed by atoms with Gasteiger partial charge < -0.3 is 10.4 Å². The molecule has 3 rings (SSSR count). The summed E-state index contributed by atoms with van der Waals surface area (Å²) in [5.74, 6) is -0.906. The monoisotopic (exact) mass is 380 g/mol. The molecular weight excluding hydrogens is 356 g/mol. The van der Waals surface area contributed by atoms with Gasteiger partial charge >= 0.3 is 0 Å². The lowest BCUT2D eigenvalue weighted by Crippen LogP contribution is -2.30. The highest BCUT2D eigenvalue weighted by atomic mass is 16.3. The van der Waals surface area contributed by atoms with E-state index in [1.54, 1.807) is 24.3 Å². The Balaban J connectivity index is 1.68. The number of imide groups is 1. The van der Waals surface area contributed by atoms with E-state index >= 15 is 0 Å². The summed E-state index contributed by atoms with van der Waals surface area (Å²) < 4.78 is 0. The van der Waals surface area contributed by atoms with Crippen LogP contribution >= 0.6 is 0 Å². The smallest absolute Gasteiger partial charge is 0.261 e. The molecule has 0 spiro atoms. The zero-order valence-corrected chi connectivity index (χ0v) is 15.9. The number of phenolic OH excluding ortho intramolecular Hbond substituents is 1. The second-order valence-electron chi connectivity index (χ2n) is 6.94. The van der Waals surface area contributed by atoms with Crippen LogP contribution < -0.4 is 5.32 Å². The minimum Gasteiger partial charge on any atom is -0.508 e. The predicted octanol–water partition coefficient (Wildman–Crippen LogP) is 4.21. The Kier molecular flexibility index (Phi) is 6.09. The van der Waals surface area contributed by atoms with Crippen LogP contribution in [-0.2, 0) is 0 Å². The zero-order valence-electron chi connectivity index (χ0n) is 15.9. The van der Waals surface area contributed by atoms with E-state index in [0.29, 0.717) is 23.4 Å². The van der Waals surface area contributed by atoms with Crippen molar-refractivity contribution in [2.24, 2.45) is 0 Å². The van der Waals surface area contributed by atoms with Crippen molar-refractivity contribution in [3.63, 3.8) is 0 Å². The van der Waals surface area contributed by atoms with Crippen LogP contribution in [0.4, 0.5) is 5.69 Å². The molecule has 0 aliphatic carbocycles. The van der Waals surface area contributed by atoms with Crippen LogP contribution in [0.2, 0.25) is 0 Å². The van der Waals surface area contributed by atoms with E-state index in [4.69, 9.17) is 0 Å². The molecule has 3 amide bonds. The molecule has 1 heterocycles. The fourth-order valence-corrected chi connectivity index (χ4v) is 3.26. The first-order valence-corrected chi connectivity index (χ1v) is 9.62. The highest BCUT2D eigenvalue weighted by Crippen LogP contribution is 2.25. The summed E-state index contributed by atoms with van der Waals surface area (Å²) in [6.07, 6.45) is 5.17. The van der Waals surface area contributed by atoms with Gasteiger partial charge in [0.05, 0.1) is 11.1 Å². The topological polar surface area (TPSA) is 86.7 Å². The number of amides is 3. The fraction of sp³-hybridized carbons (Fsp3) is 0.318. The SMILES string of the molecule is CCCCCCCN1C(=O)c2ccc(C(=O)Nc3ccc(O)cc3)cc2C1=O. The standard InChI is InChI=1S/C22H24N2O4/c1-2-3-4-5-6-13-24-21(27)18-12-7-15(14-19(18)22(24)28)20(26)23-16-8-10-17(25)11-9-16/h7-12,14,25H,2-6,13H2,1H3,(H,23,26). The summed E-state index contributed by atoms with van der Waals surface area (Å²) in [5.41, 5.74) is 1.45. The van der Waals surface area contributed by atoms with E-state index in [2.05, 4.69) is 12.2 Å². The number of benzene rings is 2. The van der Waals surface area contributed by atoms with Gasteiger partial charge in [0.2, 0.25) is 0 Å². The number of carbonyl (C=O) groups is 3. The van der Waals surface area contributed by atoms with Crippen molar-refractivity contribution in [3.05, 3.63) is 59.2 Å². The van der Waals surface area contributed by atoms with Crippen molar-refractivity contribution < 1.29 is 19.5 Å². The van der Waals surface area contributed by atoms with Crippen LogP contribution in [0.15, 0.2) is 42.5 Å². The Labute approximate surface area is 164 Å². The highest BCUT2D eigenvalue weighted by Gasteiger charge is 2.35. The molecule has 2 N–H and O–H groups in total. The number of nitrogens with zero attached hydrogens (tertiary/aromatic N) is 1. The number of hydrogen-bond acceptors (Lipinski definition) is 4. The Morgan fingerprint density at radius 3 is 2.32 bits per heavy atom. The van der Waals surface area contributed by atoms with Crippen molar-refractivity contribution in [2.45, 2.75) is 39.0 Å². The number of carbonyl (C=O) groups excluding carboxylic acids is 3. The van der Waals surface area contributed by atoms with E-state index in [-0.39, 0.29) is 29.0 Å². The lowest BCUT2D eigenvalue weighted by atomic mass is 10.1. The van der Waals surface area contributed by atoms with Gasteiger partial charge in [-0.3, -0.25) is 19.3 Å². The van der Waals surface area contributed by atoms with Gasteiger partial charge in [-0.1, -0.05) is 32.6 Å². The molecule has 0 aromatic heterocycles. The van der Waals surface area contributed by atoms with Gasteiger partial charge in [0.15, 0.2) is 0 Å². The quantitative estimate of drug-likeness (QED) is 0.408. The van der Waals surface area contributed by atoms with Gasteiger partial charge in [0.1, 0.15) is 5.75 Å². The van der Waals surface area contributed by atoms with Crippen LogP contribution in [0.1, 0.15) is 70.1 Å². The molecule has 2 aromatic rings. The lowest BCUT2D eigenvalue weighted by Gasteiger charge is -2.13. The normalized spacial score (nSPS) is 13.0. The molecule has 0 saturated heterocycles. The van der Waals surface area contributed by atoms with E-state index in [1.807, 2.05) is 0 Å². The first-order chi connectivity index (χ1) is 13.5. The number of unbranched alkanes of at least 4 members (excludes halogenated alkanes) is 4. The third kappa shape index (κ3) is 4.22.